The molecule has 28 heavy (non-hydrogen) atoms. The minimum Gasteiger partial charge on any atom is -0.394 e. The van der Waals surface area contributed by atoms with Crippen molar-refractivity contribution in [2.75, 3.05) is 20.2 Å². The molecule has 0 bridgehead atoms. The number of nitrogens with one attached hydrogen (secondary N) is 1. The number of likely N-dealkylation sites (N-methyl/N-ethyl adjacent to an activating group) is 1. The molecule has 0 spiro atoms. The van der Waals surface area contributed by atoms with Crippen molar-refractivity contribution in [3.63, 3.8) is 0 Å². The van der Waals surface area contributed by atoms with Crippen LogP contribution in [-0.2, 0) is 11.3 Å². The lowest BCUT2D eigenvalue weighted by Gasteiger charge is -2.30. The van der Waals surface area contributed by atoms with E-state index in [4.69, 9.17) is 4.74 Å². The van der Waals surface area contributed by atoms with Crippen LogP contribution in [-0.4, -0.2) is 65.6 Å². The maximum atomic E-state index is 12.3. The number of aliphatic hydroxyl groups excluding tert-OH is 2. The highest BCUT2D eigenvalue weighted by Crippen LogP contribution is 2.26. The number of amides is 1. The van der Waals surface area contributed by atoms with Crippen LogP contribution in [0.5, 0.6) is 0 Å². The Bertz CT molecular complexity index is 732. The quantitative estimate of drug-likeness (QED) is 0.648. The van der Waals surface area contributed by atoms with Gasteiger partial charge < -0.3 is 20.3 Å². The Hall–Kier alpha value is -1.96. The summed E-state index contributed by atoms with van der Waals surface area (Å²) in [6.07, 6.45) is -1.91. The molecule has 0 unspecified atom stereocenters. The summed E-state index contributed by atoms with van der Waals surface area (Å²) in [5.41, 5.74) is 1.69. The van der Waals surface area contributed by atoms with E-state index in [1.165, 1.54) is 0 Å². The predicted octanol–water partition coefficient (Wildman–Crippen LogP) is 1.46. The second-order valence-corrected chi connectivity index (χ2v) is 6.85. The summed E-state index contributed by atoms with van der Waals surface area (Å²) in [4.78, 5) is 14.3. The first kappa shape index (κ1) is 22.3. The third-order valence-electron chi connectivity index (χ3n) is 4.92. The lowest BCUT2D eigenvalue weighted by atomic mass is 10.0. The van der Waals surface area contributed by atoms with E-state index in [2.05, 4.69) is 5.32 Å². The van der Waals surface area contributed by atoms with Gasteiger partial charge in [0.05, 0.1) is 18.8 Å². The number of halogens is 1. The largest absolute Gasteiger partial charge is 0.394 e. The van der Waals surface area contributed by atoms with E-state index in [0.29, 0.717) is 12.1 Å². The number of ether oxygens (including phenoxy) is 1. The van der Waals surface area contributed by atoms with Crippen LogP contribution in [0.4, 0.5) is 0 Å². The van der Waals surface area contributed by atoms with Crippen molar-refractivity contribution in [2.45, 2.75) is 30.9 Å². The van der Waals surface area contributed by atoms with Crippen LogP contribution in [0.15, 0.2) is 60.7 Å². The molecule has 1 fully saturated rings. The predicted molar refractivity (Wildman–Crippen MR) is 109 cm³/mol. The normalized spacial score (nSPS) is 24.0. The molecule has 3 N–H and O–H groups in total. The van der Waals surface area contributed by atoms with Crippen LogP contribution in [0.25, 0.3) is 0 Å². The molecule has 7 heteroatoms. The SMILES string of the molecule is CN(Cc1ccccc1)[C@@H]1[C@H](O)[C@H](CO)O[C@@H]1CNC(=O)c1ccccc1.Cl. The zero-order chi connectivity index (χ0) is 19.2. The molecule has 1 saturated heterocycles. The topological polar surface area (TPSA) is 82.0 Å². The smallest absolute Gasteiger partial charge is 0.251 e. The average Bonchev–Trinajstić information content (AvgIpc) is 3.03. The van der Waals surface area contributed by atoms with Crippen LogP contribution < -0.4 is 5.32 Å². The summed E-state index contributed by atoms with van der Waals surface area (Å²) >= 11 is 0. The second kappa shape index (κ2) is 10.5. The fraction of sp³-hybridized carbons (Fsp3) is 0.381. The molecule has 152 valence electrons. The van der Waals surface area contributed by atoms with E-state index in [1.54, 1.807) is 12.1 Å². The third kappa shape index (κ3) is 5.31. The molecular formula is C21H27ClN2O4. The van der Waals surface area contributed by atoms with Crippen molar-refractivity contribution >= 4 is 18.3 Å². The Kier molecular flexibility index (Phi) is 8.41. The minimum atomic E-state index is -0.831. The number of aliphatic hydroxyl groups is 2. The summed E-state index contributed by atoms with van der Waals surface area (Å²) in [7, 11) is 1.91. The highest BCUT2D eigenvalue weighted by Gasteiger charge is 2.45. The van der Waals surface area contributed by atoms with E-state index in [-0.39, 0.29) is 37.5 Å². The Morgan fingerprint density at radius 1 is 1.07 bits per heavy atom. The number of hydrogen-bond acceptors (Lipinski definition) is 5. The summed E-state index contributed by atoms with van der Waals surface area (Å²) in [5, 5.41) is 23.0. The van der Waals surface area contributed by atoms with E-state index in [1.807, 2.05) is 60.5 Å². The molecule has 1 heterocycles. The highest BCUT2D eigenvalue weighted by molar-refractivity contribution is 5.94. The van der Waals surface area contributed by atoms with Gasteiger partial charge in [-0.3, -0.25) is 9.69 Å². The van der Waals surface area contributed by atoms with Crippen LogP contribution in [0.1, 0.15) is 15.9 Å². The number of carbonyl (C=O) groups is 1. The van der Waals surface area contributed by atoms with E-state index in [9.17, 15) is 15.0 Å². The summed E-state index contributed by atoms with van der Waals surface area (Å²) in [5.74, 6) is -0.189. The fourth-order valence-electron chi connectivity index (χ4n) is 3.55. The van der Waals surface area contributed by atoms with Gasteiger partial charge in [-0.25, -0.2) is 0 Å². The van der Waals surface area contributed by atoms with Gasteiger partial charge in [0.25, 0.3) is 5.91 Å². The van der Waals surface area contributed by atoms with Crippen molar-refractivity contribution in [1.29, 1.82) is 0 Å². The summed E-state index contributed by atoms with van der Waals surface area (Å²) in [6.45, 7) is 0.623. The van der Waals surface area contributed by atoms with Gasteiger partial charge in [0.1, 0.15) is 12.2 Å². The van der Waals surface area contributed by atoms with Crippen LogP contribution >= 0.6 is 12.4 Å². The summed E-state index contributed by atoms with van der Waals surface area (Å²) in [6, 6.07) is 18.6. The van der Waals surface area contributed by atoms with Crippen molar-refractivity contribution in [1.82, 2.24) is 10.2 Å². The van der Waals surface area contributed by atoms with Crippen molar-refractivity contribution in [3.05, 3.63) is 71.8 Å². The Morgan fingerprint density at radius 3 is 2.29 bits per heavy atom. The standard InChI is InChI=1S/C21H26N2O4.ClH/c1-23(13-15-8-4-2-5-9-15)19-17(27-18(14-24)20(19)25)12-22-21(26)16-10-6-3-7-11-16;/h2-11,17-20,24-25H,12-14H2,1H3,(H,22,26);1H/t17-,18+,19+,20-;/m1./s1. The highest BCUT2D eigenvalue weighted by atomic mass is 35.5. The molecule has 1 aliphatic rings. The van der Waals surface area contributed by atoms with Crippen molar-refractivity contribution in [3.8, 4) is 0 Å². The minimum absolute atomic E-state index is 0. The maximum Gasteiger partial charge on any atom is 0.251 e. The molecule has 4 atom stereocenters. The first-order valence-corrected chi connectivity index (χ1v) is 9.12. The van der Waals surface area contributed by atoms with Crippen LogP contribution in [0, 0.1) is 0 Å². The van der Waals surface area contributed by atoms with Gasteiger partial charge in [-0.05, 0) is 24.7 Å². The first-order valence-electron chi connectivity index (χ1n) is 9.12. The van der Waals surface area contributed by atoms with Crippen molar-refractivity contribution in [2.24, 2.45) is 0 Å². The number of benzene rings is 2. The van der Waals surface area contributed by atoms with E-state index < -0.39 is 18.3 Å². The zero-order valence-electron chi connectivity index (χ0n) is 15.8. The lowest BCUT2D eigenvalue weighted by Crippen LogP contribution is -2.49. The van der Waals surface area contributed by atoms with Gasteiger partial charge >= 0.3 is 0 Å². The van der Waals surface area contributed by atoms with Gasteiger partial charge in [-0.15, -0.1) is 12.4 Å². The average molecular weight is 407 g/mol. The Balaban J connectivity index is 0.00000280. The molecule has 0 radical (unpaired) electrons. The molecule has 2 aromatic carbocycles. The van der Waals surface area contributed by atoms with E-state index >= 15 is 0 Å². The molecule has 6 nitrogen and oxygen atoms in total. The van der Waals surface area contributed by atoms with Crippen LogP contribution in [0.3, 0.4) is 0 Å². The molecule has 2 aromatic rings. The molecule has 0 saturated carbocycles. The third-order valence-corrected chi connectivity index (χ3v) is 4.92. The fourth-order valence-corrected chi connectivity index (χ4v) is 3.55. The van der Waals surface area contributed by atoms with Gasteiger partial charge in [-0.1, -0.05) is 48.5 Å². The van der Waals surface area contributed by atoms with Gasteiger partial charge in [0, 0.05) is 18.7 Å². The summed E-state index contributed by atoms with van der Waals surface area (Å²) < 4.78 is 5.82. The Morgan fingerprint density at radius 2 is 1.68 bits per heavy atom. The van der Waals surface area contributed by atoms with Gasteiger partial charge in [0.2, 0.25) is 0 Å². The zero-order valence-corrected chi connectivity index (χ0v) is 16.6. The van der Waals surface area contributed by atoms with E-state index in [0.717, 1.165) is 5.56 Å². The van der Waals surface area contributed by atoms with Gasteiger partial charge in [-0.2, -0.15) is 0 Å². The molecule has 0 aromatic heterocycles. The number of hydrogen-bond donors (Lipinski definition) is 3. The number of carbonyl (C=O) groups excluding carboxylic acids is 1. The van der Waals surface area contributed by atoms with Crippen LogP contribution in [0.2, 0.25) is 0 Å². The monoisotopic (exact) mass is 406 g/mol. The van der Waals surface area contributed by atoms with Gasteiger partial charge in [0.15, 0.2) is 0 Å². The molecule has 1 aliphatic heterocycles. The Labute approximate surface area is 171 Å². The number of nitrogens with zero attached hydrogens (tertiary/aromatic N) is 1. The molecule has 1 amide bonds. The second-order valence-electron chi connectivity index (χ2n) is 6.85. The molecule has 0 aliphatic carbocycles. The molecule has 3 rings (SSSR count). The van der Waals surface area contributed by atoms with Crippen molar-refractivity contribution < 1.29 is 19.7 Å². The number of rotatable bonds is 7. The maximum absolute atomic E-state index is 12.3. The lowest BCUT2D eigenvalue weighted by molar-refractivity contribution is -0.0209. The first-order chi connectivity index (χ1) is 13.1. The molecular weight excluding hydrogens is 380 g/mol.